The first-order valence-corrected chi connectivity index (χ1v) is 6.39. The molecule has 2 rings (SSSR count). The van der Waals surface area contributed by atoms with Crippen LogP contribution in [0.2, 0.25) is 0 Å². The van der Waals surface area contributed by atoms with Crippen molar-refractivity contribution in [2.24, 2.45) is 0 Å². The van der Waals surface area contributed by atoms with Gasteiger partial charge in [-0.15, -0.1) is 11.3 Å². The number of hydrogen-bond acceptors (Lipinski definition) is 5. The van der Waals surface area contributed by atoms with Crippen LogP contribution in [0.1, 0.15) is 16.8 Å². The third-order valence-electron chi connectivity index (χ3n) is 2.52. The number of amides is 1. The zero-order valence-electron chi connectivity index (χ0n) is 10.0. The summed E-state index contributed by atoms with van der Waals surface area (Å²) >= 11 is 1.34. The second kappa shape index (κ2) is 5.59. The summed E-state index contributed by atoms with van der Waals surface area (Å²) in [7, 11) is 0. The van der Waals surface area contributed by atoms with Crippen molar-refractivity contribution in [1.29, 1.82) is 0 Å². The van der Waals surface area contributed by atoms with Gasteiger partial charge in [0.1, 0.15) is 0 Å². The average molecular weight is 262 g/mol. The lowest BCUT2D eigenvalue weighted by atomic mass is 10.1. The molecule has 0 saturated heterocycles. The van der Waals surface area contributed by atoms with E-state index >= 15 is 0 Å². The Balaban J connectivity index is 1.87. The molecule has 0 saturated carbocycles. The summed E-state index contributed by atoms with van der Waals surface area (Å²) in [5.74, 6) is -0.0588. The van der Waals surface area contributed by atoms with Crippen molar-refractivity contribution < 1.29 is 4.79 Å². The Kier molecular flexibility index (Phi) is 3.88. The maximum atomic E-state index is 11.7. The highest BCUT2D eigenvalue weighted by atomic mass is 32.1. The number of hydrogen-bond donors (Lipinski definition) is 2. The summed E-state index contributed by atoms with van der Waals surface area (Å²) in [6.45, 7) is 2.47. The molecular formula is C12H14N4OS. The number of carbonyl (C=O) groups is 1. The number of rotatable bonds is 4. The van der Waals surface area contributed by atoms with Crippen molar-refractivity contribution in [1.82, 2.24) is 15.3 Å². The van der Waals surface area contributed by atoms with Crippen molar-refractivity contribution in [2.75, 3.05) is 5.73 Å². The van der Waals surface area contributed by atoms with E-state index in [4.69, 9.17) is 5.73 Å². The van der Waals surface area contributed by atoms with E-state index in [-0.39, 0.29) is 12.3 Å². The van der Waals surface area contributed by atoms with Crippen LogP contribution in [-0.2, 0) is 17.8 Å². The minimum atomic E-state index is -0.0588. The number of aryl methyl sites for hydroxylation is 1. The molecule has 0 aliphatic rings. The summed E-state index contributed by atoms with van der Waals surface area (Å²) in [6.07, 6.45) is 3.76. The molecule has 5 nitrogen and oxygen atoms in total. The number of pyridine rings is 1. The van der Waals surface area contributed by atoms with Crippen LogP contribution in [-0.4, -0.2) is 15.9 Å². The van der Waals surface area contributed by atoms with Crippen LogP contribution in [0.25, 0.3) is 0 Å². The van der Waals surface area contributed by atoms with E-state index in [9.17, 15) is 4.79 Å². The fourth-order valence-electron chi connectivity index (χ4n) is 1.53. The van der Waals surface area contributed by atoms with Gasteiger partial charge in [0.05, 0.1) is 12.1 Å². The van der Waals surface area contributed by atoms with Crippen LogP contribution in [0, 0.1) is 6.92 Å². The maximum Gasteiger partial charge on any atom is 0.226 e. The van der Waals surface area contributed by atoms with Gasteiger partial charge in [-0.3, -0.25) is 9.78 Å². The largest absolute Gasteiger partial charge is 0.375 e. The molecule has 2 aromatic rings. The van der Waals surface area contributed by atoms with Crippen molar-refractivity contribution >= 4 is 22.4 Å². The van der Waals surface area contributed by atoms with Gasteiger partial charge in [-0.2, -0.15) is 0 Å². The molecule has 1 amide bonds. The molecule has 94 valence electrons. The Hall–Kier alpha value is -1.95. The van der Waals surface area contributed by atoms with Crippen LogP contribution in [0.15, 0.2) is 23.8 Å². The number of anilines is 1. The normalized spacial score (nSPS) is 10.3. The summed E-state index contributed by atoms with van der Waals surface area (Å²) in [5.41, 5.74) is 8.35. The van der Waals surface area contributed by atoms with Crippen molar-refractivity contribution in [2.45, 2.75) is 19.9 Å². The summed E-state index contributed by atoms with van der Waals surface area (Å²) in [6, 6.07) is 1.90. The highest BCUT2D eigenvalue weighted by Crippen LogP contribution is 2.11. The Morgan fingerprint density at radius 2 is 2.39 bits per heavy atom. The first-order valence-electron chi connectivity index (χ1n) is 5.51. The third kappa shape index (κ3) is 3.27. The Bertz CT molecular complexity index is 553. The lowest BCUT2D eigenvalue weighted by Crippen LogP contribution is -2.25. The number of nitrogens with two attached hydrogens (primary N) is 1. The maximum absolute atomic E-state index is 11.7. The van der Waals surface area contributed by atoms with E-state index in [0.717, 1.165) is 11.1 Å². The van der Waals surface area contributed by atoms with Crippen LogP contribution < -0.4 is 11.1 Å². The van der Waals surface area contributed by atoms with Crippen molar-refractivity contribution in [3.63, 3.8) is 0 Å². The van der Waals surface area contributed by atoms with Gasteiger partial charge in [-0.05, 0) is 24.1 Å². The molecule has 18 heavy (non-hydrogen) atoms. The first-order chi connectivity index (χ1) is 8.65. The second-order valence-corrected chi connectivity index (χ2v) is 4.82. The van der Waals surface area contributed by atoms with Gasteiger partial charge in [-0.1, -0.05) is 0 Å². The van der Waals surface area contributed by atoms with Gasteiger partial charge in [0, 0.05) is 24.3 Å². The van der Waals surface area contributed by atoms with Crippen LogP contribution in [0.5, 0.6) is 0 Å². The molecule has 0 atom stereocenters. The van der Waals surface area contributed by atoms with Crippen LogP contribution >= 0.6 is 11.3 Å². The van der Waals surface area contributed by atoms with E-state index in [1.165, 1.54) is 11.3 Å². The number of nitrogens with zero attached hydrogens (tertiary/aromatic N) is 2. The van der Waals surface area contributed by atoms with Crippen LogP contribution in [0.3, 0.4) is 0 Å². The molecule has 0 bridgehead atoms. The lowest BCUT2D eigenvalue weighted by Gasteiger charge is -2.06. The van der Waals surface area contributed by atoms with Crippen molar-refractivity contribution in [3.05, 3.63) is 40.7 Å². The van der Waals surface area contributed by atoms with Gasteiger partial charge in [0.25, 0.3) is 0 Å². The van der Waals surface area contributed by atoms with E-state index in [0.29, 0.717) is 17.4 Å². The molecular weight excluding hydrogens is 248 g/mol. The number of aromatic nitrogens is 2. The highest BCUT2D eigenvalue weighted by molar-refractivity contribution is 7.13. The Morgan fingerprint density at radius 3 is 3.06 bits per heavy atom. The number of nitrogens with one attached hydrogen (secondary N) is 1. The first kappa shape index (κ1) is 12.5. The third-order valence-corrected chi connectivity index (χ3v) is 3.25. The van der Waals surface area contributed by atoms with E-state index < -0.39 is 0 Å². The lowest BCUT2D eigenvalue weighted by molar-refractivity contribution is -0.120. The molecule has 0 fully saturated rings. The molecule has 0 aliphatic heterocycles. The van der Waals surface area contributed by atoms with Crippen molar-refractivity contribution in [3.8, 4) is 0 Å². The topological polar surface area (TPSA) is 80.9 Å². The highest BCUT2D eigenvalue weighted by Gasteiger charge is 2.07. The van der Waals surface area contributed by atoms with Gasteiger partial charge in [0.2, 0.25) is 5.91 Å². The number of thiazole rings is 1. The molecule has 0 aliphatic carbocycles. The predicted octanol–water partition coefficient (Wildman–Crippen LogP) is 1.29. The summed E-state index contributed by atoms with van der Waals surface area (Å²) in [4.78, 5) is 19.8. The molecule has 2 heterocycles. The van der Waals surface area contributed by atoms with Gasteiger partial charge in [0.15, 0.2) is 5.13 Å². The molecule has 0 unspecified atom stereocenters. The van der Waals surface area contributed by atoms with E-state index in [1.54, 1.807) is 17.8 Å². The zero-order valence-corrected chi connectivity index (χ0v) is 10.8. The fourth-order valence-corrected chi connectivity index (χ4v) is 2.09. The Morgan fingerprint density at radius 1 is 1.56 bits per heavy atom. The molecule has 0 radical (unpaired) electrons. The SMILES string of the molecule is Cc1cnccc1CNC(=O)Cc1csc(N)n1. The zero-order chi connectivity index (χ0) is 13.0. The standard InChI is InChI=1S/C12H14N4OS/c1-8-5-14-3-2-9(8)6-15-11(17)4-10-7-18-12(13)16-10/h2-3,5,7H,4,6H2,1H3,(H2,13,16)(H,15,17). The smallest absolute Gasteiger partial charge is 0.226 e. The van der Waals surface area contributed by atoms with Gasteiger partial charge in [-0.25, -0.2) is 4.98 Å². The number of nitrogen functional groups attached to an aromatic ring is 1. The predicted molar refractivity (Wildman–Crippen MR) is 71.1 cm³/mol. The summed E-state index contributed by atoms with van der Waals surface area (Å²) in [5, 5.41) is 5.14. The molecule has 2 aromatic heterocycles. The monoisotopic (exact) mass is 262 g/mol. The molecule has 6 heteroatoms. The molecule has 0 spiro atoms. The quantitative estimate of drug-likeness (QED) is 0.870. The Labute approximate surface area is 109 Å². The molecule has 0 aromatic carbocycles. The van der Waals surface area contributed by atoms with E-state index in [1.807, 2.05) is 13.0 Å². The van der Waals surface area contributed by atoms with Gasteiger partial charge < -0.3 is 11.1 Å². The minimum absolute atomic E-state index is 0.0588. The average Bonchev–Trinajstić information content (AvgIpc) is 2.74. The van der Waals surface area contributed by atoms with E-state index in [2.05, 4.69) is 15.3 Å². The number of carbonyl (C=O) groups excluding carboxylic acids is 1. The minimum Gasteiger partial charge on any atom is -0.375 e. The summed E-state index contributed by atoms with van der Waals surface area (Å²) < 4.78 is 0. The fraction of sp³-hybridized carbons (Fsp3) is 0.250. The van der Waals surface area contributed by atoms with Crippen LogP contribution in [0.4, 0.5) is 5.13 Å². The van der Waals surface area contributed by atoms with Gasteiger partial charge >= 0.3 is 0 Å². The second-order valence-electron chi connectivity index (χ2n) is 3.93. The molecule has 3 N–H and O–H groups in total.